The molecular weight excluding hydrogens is 166 g/mol. The zero-order valence-electron chi connectivity index (χ0n) is 7.11. The molecule has 0 aliphatic carbocycles. The minimum Gasteiger partial charge on any atom is -0.474 e. The van der Waals surface area contributed by atoms with Crippen LogP contribution in [0.1, 0.15) is 0 Å². The number of aliphatic carboxylic acids is 2. The Morgan fingerprint density at radius 1 is 1.08 bits per heavy atom. The molecule has 3 N–H and O–H groups in total. The lowest BCUT2D eigenvalue weighted by Crippen LogP contribution is -2.66. The minimum atomic E-state index is -2.79. The molecule has 0 radical (unpaired) electrons. The molecule has 0 saturated heterocycles. The van der Waals surface area contributed by atoms with Crippen molar-refractivity contribution in [3.63, 3.8) is 0 Å². The minimum absolute atomic E-state index is 0.600. The first-order valence-corrected chi connectivity index (χ1v) is 3.14. The largest absolute Gasteiger partial charge is 0.474 e. The summed E-state index contributed by atoms with van der Waals surface area (Å²) in [7, 11) is 3.84. The molecular formula is C6H12NO5+. The van der Waals surface area contributed by atoms with Crippen LogP contribution in [0.5, 0.6) is 0 Å². The van der Waals surface area contributed by atoms with Crippen molar-refractivity contribution in [2.24, 2.45) is 0 Å². The first-order chi connectivity index (χ1) is 5.14. The average Bonchev–Trinajstić information content (AvgIpc) is 1.82. The van der Waals surface area contributed by atoms with Crippen molar-refractivity contribution in [3.05, 3.63) is 0 Å². The van der Waals surface area contributed by atoms with E-state index in [1.54, 1.807) is 0 Å². The summed E-state index contributed by atoms with van der Waals surface area (Å²) in [6, 6.07) is 0. The molecule has 0 spiro atoms. The molecule has 0 fully saturated rings. The van der Waals surface area contributed by atoms with Crippen LogP contribution in [0.2, 0.25) is 0 Å². The Bertz CT molecular complexity index is 202. The van der Waals surface area contributed by atoms with Crippen molar-refractivity contribution in [1.29, 1.82) is 0 Å². The number of rotatable bonds is 3. The lowest BCUT2D eigenvalue weighted by atomic mass is 10.2. The molecule has 0 aliphatic heterocycles. The third kappa shape index (κ3) is 1.39. The highest BCUT2D eigenvalue weighted by molar-refractivity contribution is 5.99. The Labute approximate surface area is 69.2 Å². The fourth-order valence-corrected chi connectivity index (χ4v) is 0.665. The lowest BCUT2D eigenvalue weighted by molar-refractivity contribution is -0.928. The van der Waals surface area contributed by atoms with Crippen molar-refractivity contribution < 1.29 is 29.4 Å². The van der Waals surface area contributed by atoms with Crippen molar-refractivity contribution >= 4 is 11.9 Å². The normalized spacial score (nSPS) is 12.7. The number of carbonyl (C=O) groups is 2. The summed E-state index contributed by atoms with van der Waals surface area (Å²) in [5.41, 5.74) is -2.79. The van der Waals surface area contributed by atoms with Gasteiger partial charge in [-0.1, -0.05) is 0 Å². The van der Waals surface area contributed by atoms with Gasteiger partial charge in [0.15, 0.2) is 0 Å². The van der Waals surface area contributed by atoms with Gasteiger partial charge in [-0.05, 0) is 0 Å². The number of hydrogen-bond donors (Lipinski definition) is 3. The summed E-state index contributed by atoms with van der Waals surface area (Å²) in [5, 5.41) is 26.3. The fraction of sp³-hybridized carbons (Fsp3) is 0.667. The molecule has 0 amide bonds. The molecule has 0 aromatic carbocycles. The maximum absolute atomic E-state index is 10.5. The predicted molar refractivity (Wildman–Crippen MR) is 38.3 cm³/mol. The smallest absolute Gasteiger partial charge is 0.408 e. The van der Waals surface area contributed by atoms with Gasteiger partial charge in [0.1, 0.15) is 0 Å². The highest BCUT2D eigenvalue weighted by Gasteiger charge is 2.57. The summed E-state index contributed by atoms with van der Waals surface area (Å²) < 4.78 is -0.600. The molecule has 0 heterocycles. The van der Waals surface area contributed by atoms with E-state index in [2.05, 4.69) is 0 Å². The molecule has 0 aromatic heterocycles. The van der Waals surface area contributed by atoms with Gasteiger partial charge in [0.05, 0.1) is 21.1 Å². The van der Waals surface area contributed by atoms with Gasteiger partial charge in [0.25, 0.3) is 0 Å². The number of aliphatic hydroxyl groups is 1. The monoisotopic (exact) mass is 178 g/mol. The zero-order valence-corrected chi connectivity index (χ0v) is 7.11. The van der Waals surface area contributed by atoms with Crippen LogP contribution in [0.3, 0.4) is 0 Å². The molecule has 0 unspecified atom stereocenters. The predicted octanol–water partition coefficient (Wildman–Crippen LogP) is -1.45. The summed E-state index contributed by atoms with van der Waals surface area (Å²) >= 11 is 0. The summed E-state index contributed by atoms with van der Waals surface area (Å²) in [6.07, 6.45) is 0. The van der Waals surface area contributed by atoms with Crippen molar-refractivity contribution in [3.8, 4) is 0 Å². The molecule has 70 valence electrons. The number of carboxylic acid groups (broad SMARTS) is 2. The number of hydrogen-bond acceptors (Lipinski definition) is 3. The molecule has 0 aromatic rings. The van der Waals surface area contributed by atoms with Crippen molar-refractivity contribution in [1.82, 2.24) is 0 Å². The van der Waals surface area contributed by atoms with E-state index in [1.165, 1.54) is 21.1 Å². The molecule has 0 atom stereocenters. The van der Waals surface area contributed by atoms with E-state index in [1.807, 2.05) is 0 Å². The number of nitrogens with zero attached hydrogens (tertiary/aromatic N) is 1. The van der Waals surface area contributed by atoms with Crippen LogP contribution in [-0.4, -0.2) is 58.6 Å². The van der Waals surface area contributed by atoms with Crippen LogP contribution < -0.4 is 0 Å². The van der Waals surface area contributed by atoms with Crippen molar-refractivity contribution in [2.45, 2.75) is 5.72 Å². The van der Waals surface area contributed by atoms with E-state index < -0.39 is 22.1 Å². The Hall–Kier alpha value is -1.14. The Kier molecular flexibility index (Phi) is 2.46. The van der Waals surface area contributed by atoms with E-state index in [4.69, 9.17) is 10.2 Å². The van der Waals surface area contributed by atoms with Gasteiger partial charge in [-0.3, -0.25) is 4.48 Å². The van der Waals surface area contributed by atoms with Gasteiger partial charge in [0.2, 0.25) is 0 Å². The second kappa shape index (κ2) is 2.72. The molecule has 0 saturated carbocycles. The first-order valence-electron chi connectivity index (χ1n) is 3.14. The van der Waals surface area contributed by atoms with Gasteiger partial charge < -0.3 is 15.3 Å². The van der Waals surface area contributed by atoms with Crippen LogP contribution in [0.15, 0.2) is 0 Å². The molecule has 0 aliphatic rings. The molecule has 0 rings (SSSR count). The zero-order chi connectivity index (χ0) is 10.2. The Morgan fingerprint density at radius 3 is 1.33 bits per heavy atom. The fourth-order valence-electron chi connectivity index (χ4n) is 0.665. The van der Waals surface area contributed by atoms with Gasteiger partial charge >= 0.3 is 17.7 Å². The van der Waals surface area contributed by atoms with E-state index in [0.717, 1.165) is 0 Å². The number of quaternary nitrogens is 1. The average molecular weight is 178 g/mol. The standard InChI is InChI=1S/C6H11NO5/c1-7(2,3)6(12,4(8)9)5(10)11/h12H,1-3H3,(H-,8,9,10,11)/p+1. The van der Waals surface area contributed by atoms with Gasteiger partial charge in [-0.15, -0.1) is 0 Å². The highest BCUT2D eigenvalue weighted by Crippen LogP contribution is 2.15. The van der Waals surface area contributed by atoms with Gasteiger partial charge in [-0.25, -0.2) is 9.59 Å². The third-order valence-electron chi connectivity index (χ3n) is 1.57. The molecule has 6 nitrogen and oxygen atoms in total. The van der Waals surface area contributed by atoms with Crippen LogP contribution in [0.25, 0.3) is 0 Å². The Morgan fingerprint density at radius 2 is 1.33 bits per heavy atom. The second-order valence-corrected chi connectivity index (χ2v) is 3.29. The molecule has 12 heavy (non-hydrogen) atoms. The number of likely N-dealkylation sites (N-methyl/N-ethyl adjacent to an activating group) is 1. The molecule has 0 bridgehead atoms. The van der Waals surface area contributed by atoms with Crippen LogP contribution >= 0.6 is 0 Å². The van der Waals surface area contributed by atoms with E-state index >= 15 is 0 Å². The quantitative estimate of drug-likeness (QED) is 0.279. The maximum atomic E-state index is 10.5. The van der Waals surface area contributed by atoms with E-state index in [-0.39, 0.29) is 0 Å². The highest BCUT2D eigenvalue weighted by atomic mass is 16.5. The maximum Gasteiger partial charge on any atom is 0.408 e. The SMILES string of the molecule is C[N+](C)(C)C(O)(C(=O)O)C(=O)O. The van der Waals surface area contributed by atoms with E-state index in [9.17, 15) is 14.7 Å². The summed E-state index contributed by atoms with van der Waals surface area (Å²) in [4.78, 5) is 20.9. The third-order valence-corrected chi connectivity index (χ3v) is 1.57. The van der Waals surface area contributed by atoms with Crippen LogP contribution in [0, 0.1) is 0 Å². The van der Waals surface area contributed by atoms with Crippen LogP contribution in [0.4, 0.5) is 0 Å². The lowest BCUT2D eigenvalue weighted by Gasteiger charge is -2.34. The number of carboxylic acids is 2. The van der Waals surface area contributed by atoms with Gasteiger partial charge in [-0.2, -0.15) is 0 Å². The summed E-state index contributed by atoms with van der Waals surface area (Å²) in [6.45, 7) is 0. The topological polar surface area (TPSA) is 94.8 Å². The van der Waals surface area contributed by atoms with Crippen molar-refractivity contribution in [2.75, 3.05) is 21.1 Å². The first kappa shape index (κ1) is 10.9. The summed E-state index contributed by atoms with van der Waals surface area (Å²) in [5.74, 6) is -3.55. The van der Waals surface area contributed by atoms with Gasteiger partial charge in [0, 0.05) is 0 Å². The van der Waals surface area contributed by atoms with Crippen LogP contribution in [-0.2, 0) is 9.59 Å². The second-order valence-electron chi connectivity index (χ2n) is 3.29. The van der Waals surface area contributed by atoms with E-state index in [0.29, 0.717) is 0 Å². The molecule has 6 heteroatoms. The Balaban J connectivity index is 5.17.